The standard InChI is InChI=1S/C16H19NO6/c1-16(9-5-3-2-4-6-9)7-11(19)17(15(16)22)14-13(21)12(20)10(8-18)23-14/h2-6,10,12-14,18,20-21H,7-8H2,1H3/t10-,12-,13-,14-,16?/m1/s1. The molecule has 7 heteroatoms. The van der Waals surface area contributed by atoms with E-state index < -0.39 is 48.4 Å². The number of imide groups is 1. The molecule has 2 aliphatic rings. The molecule has 0 aliphatic carbocycles. The molecule has 2 amide bonds. The minimum atomic E-state index is -1.45. The fourth-order valence-electron chi connectivity index (χ4n) is 3.22. The van der Waals surface area contributed by atoms with Crippen LogP contribution in [0.1, 0.15) is 18.9 Å². The number of amides is 2. The number of rotatable bonds is 3. The first-order chi connectivity index (χ1) is 10.9. The second-order valence-corrected chi connectivity index (χ2v) is 6.17. The lowest BCUT2D eigenvalue weighted by atomic mass is 9.81. The van der Waals surface area contributed by atoms with Crippen LogP contribution in [-0.2, 0) is 19.7 Å². The van der Waals surface area contributed by atoms with Gasteiger partial charge in [-0.15, -0.1) is 0 Å². The maximum atomic E-state index is 12.8. The summed E-state index contributed by atoms with van der Waals surface area (Å²) in [6.07, 6.45) is -5.15. The van der Waals surface area contributed by atoms with E-state index in [0.717, 1.165) is 4.90 Å². The van der Waals surface area contributed by atoms with Crippen LogP contribution in [0, 0.1) is 0 Å². The van der Waals surface area contributed by atoms with Gasteiger partial charge in [-0.3, -0.25) is 14.5 Å². The number of ether oxygens (including phenoxy) is 1. The van der Waals surface area contributed by atoms with Crippen molar-refractivity contribution >= 4 is 11.8 Å². The Morgan fingerprint density at radius 1 is 1.22 bits per heavy atom. The first kappa shape index (κ1) is 16.1. The van der Waals surface area contributed by atoms with Gasteiger partial charge in [-0.25, -0.2) is 0 Å². The van der Waals surface area contributed by atoms with Gasteiger partial charge >= 0.3 is 0 Å². The van der Waals surface area contributed by atoms with Gasteiger partial charge in [0, 0.05) is 6.42 Å². The topological polar surface area (TPSA) is 107 Å². The molecule has 0 saturated carbocycles. The van der Waals surface area contributed by atoms with Crippen molar-refractivity contribution in [3.63, 3.8) is 0 Å². The van der Waals surface area contributed by atoms with Crippen molar-refractivity contribution in [2.45, 2.75) is 43.3 Å². The average Bonchev–Trinajstić information content (AvgIpc) is 2.96. The van der Waals surface area contributed by atoms with Crippen molar-refractivity contribution < 1.29 is 29.6 Å². The van der Waals surface area contributed by atoms with Crippen LogP contribution in [0.5, 0.6) is 0 Å². The zero-order chi connectivity index (χ0) is 16.8. The summed E-state index contributed by atoms with van der Waals surface area (Å²) in [6.45, 7) is 1.16. The predicted octanol–water partition coefficient (Wildman–Crippen LogP) is -0.858. The summed E-state index contributed by atoms with van der Waals surface area (Å²) in [5, 5.41) is 29.0. The second kappa shape index (κ2) is 5.68. The third-order valence-electron chi connectivity index (χ3n) is 4.65. The summed E-state index contributed by atoms with van der Waals surface area (Å²) in [7, 11) is 0. The molecule has 23 heavy (non-hydrogen) atoms. The largest absolute Gasteiger partial charge is 0.394 e. The highest BCUT2D eigenvalue weighted by atomic mass is 16.6. The number of likely N-dealkylation sites (tertiary alicyclic amines) is 1. The van der Waals surface area contributed by atoms with E-state index in [4.69, 9.17) is 9.84 Å². The van der Waals surface area contributed by atoms with Gasteiger partial charge in [-0.2, -0.15) is 0 Å². The average molecular weight is 321 g/mol. The zero-order valence-electron chi connectivity index (χ0n) is 12.6. The summed E-state index contributed by atoms with van der Waals surface area (Å²) < 4.78 is 5.32. The molecule has 1 aromatic rings. The number of aliphatic hydroxyl groups excluding tert-OH is 3. The quantitative estimate of drug-likeness (QED) is 0.626. The predicted molar refractivity (Wildman–Crippen MR) is 78.0 cm³/mol. The minimum Gasteiger partial charge on any atom is -0.394 e. The zero-order valence-corrected chi connectivity index (χ0v) is 12.6. The summed E-state index contributed by atoms with van der Waals surface area (Å²) in [5.74, 6) is -0.959. The minimum absolute atomic E-state index is 0.0394. The molecule has 0 bridgehead atoms. The lowest BCUT2D eigenvalue weighted by molar-refractivity contribution is -0.161. The number of aliphatic hydroxyl groups is 3. The van der Waals surface area contributed by atoms with Crippen molar-refractivity contribution in [2.75, 3.05) is 6.61 Å². The fraction of sp³-hybridized carbons (Fsp3) is 0.500. The van der Waals surface area contributed by atoms with Gasteiger partial charge in [0.05, 0.1) is 12.0 Å². The normalized spacial score (nSPS) is 37.7. The third-order valence-corrected chi connectivity index (χ3v) is 4.65. The van der Waals surface area contributed by atoms with Crippen molar-refractivity contribution in [3.8, 4) is 0 Å². The van der Waals surface area contributed by atoms with Crippen LogP contribution in [0.2, 0.25) is 0 Å². The molecule has 7 nitrogen and oxygen atoms in total. The van der Waals surface area contributed by atoms with Crippen LogP contribution in [0.25, 0.3) is 0 Å². The molecule has 1 unspecified atom stereocenters. The number of benzene rings is 1. The first-order valence-corrected chi connectivity index (χ1v) is 7.44. The fourth-order valence-corrected chi connectivity index (χ4v) is 3.22. The molecule has 3 N–H and O–H groups in total. The molecule has 2 heterocycles. The molecule has 2 fully saturated rings. The Morgan fingerprint density at radius 2 is 1.87 bits per heavy atom. The maximum absolute atomic E-state index is 12.8. The lowest BCUT2D eigenvalue weighted by Gasteiger charge is -2.27. The van der Waals surface area contributed by atoms with E-state index in [1.54, 1.807) is 31.2 Å². The van der Waals surface area contributed by atoms with Crippen molar-refractivity contribution in [2.24, 2.45) is 0 Å². The van der Waals surface area contributed by atoms with Crippen molar-refractivity contribution in [1.29, 1.82) is 0 Å². The van der Waals surface area contributed by atoms with Gasteiger partial charge < -0.3 is 20.1 Å². The second-order valence-electron chi connectivity index (χ2n) is 6.17. The Labute approximate surface area is 133 Å². The van der Waals surface area contributed by atoms with E-state index in [-0.39, 0.29) is 6.42 Å². The molecule has 3 rings (SSSR count). The van der Waals surface area contributed by atoms with Gasteiger partial charge in [0.1, 0.15) is 18.3 Å². The SMILES string of the molecule is CC1(c2ccccc2)CC(=O)N([C@@H]2O[C@H](CO)[C@@H](O)[C@H]2O)C1=O. The van der Waals surface area contributed by atoms with E-state index in [1.807, 2.05) is 6.07 Å². The van der Waals surface area contributed by atoms with Gasteiger partial charge in [0.15, 0.2) is 6.23 Å². The number of nitrogens with zero attached hydrogens (tertiary/aromatic N) is 1. The monoisotopic (exact) mass is 321 g/mol. The molecule has 124 valence electrons. The Bertz CT molecular complexity index is 620. The number of hydrogen-bond donors (Lipinski definition) is 3. The van der Waals surface area contributed by atoms with E-state index in [0.29, 0.717) is 5.56 Å². The number of carbonyl (C=O) groups is 2. The molecule has 5 atom stereocenters. The maximum Gasteiger partial charge on any atom is 0.242 e. The number of carbonyl (C=O) groups excluding carboxylic acids is 2. The Balaban J connectivity index is 1.91. The van der Waals surface area contributed by atoms with Crippen LogP contribution < -0.4 is 0 Å². The summed E-state index contributed by atoms with van der Waals surface area (Å²) >= 11 is 0. The number of hydrogen-bond acceptors (Lipinski definition) is 6. The summed E-state index contributed by atoms with van der Waals surface area (Å²) in [6, 6.07) is 8.93. The summed E-state index contributed by atoms with van der Waals surface area (Å²) in [4.78, 5) is 26.1. The molecule has 2 saturated heterocycles. The molecule has 2 aliphatic heterocycles. The van der Waals surface area contributed by atoms with E-state index in [1.165, 1.54) is 0 Å². The van der Waals surface area contributed by atoms with E-state index >= 15 is 0 Å². The van der Waals surface area contributed by atoms with Crippen LogP contribution in [0.15, 0.2) is 30.3 Å². The molecule has 1 aromatic carbocycles. The van der Waals surface area contributed by atoms with Crippen LogP contribution in [0.4, 0.5) is 0 Å². The van der Waals surface area contributed by atoms with Gasteiger partial charge in [-0.1, -0.05) is 30.3 Å². The molecule has 0 radical (unpaired) electrons. The Kier molecular flexibility index (Phi) is 3.97. The van der Waals surface area contributed by atoms with Gasteiger partial charge in [0.2, 0.25) is 11.8 Å². The van der Waals surface area contributed by atoms with Gasteiger partial charge in [-0.05, 0) is 12.5 Å². The molecule has 0 aromatic heterocycles. The smallest absolute Gasteiger partial charge is 0.242 e. The van der Waals surface area contributed by atoms with Crippen LogP contribution in [-0.4, -0.2) is 63.2 Å². The Morgan fingerprint density at radius 3 is 2.43 bits per heavy atom. The highest BCUT2D eigenvalue weighted by Crippen LogP contribution is 2.39. The highest BCUT2D eigenvalue weighted by molar-refractivity contribution is 6.09. The Hall–Kier alpha value is -1.80. The molecule has 0 spiro atoms. The summed E-state index contributed by atoms with van der Waals surface area (Å²) in [5.41, 5.74) is -0.337. The van der Waals surface area contributed by atoms with E-state index in [9.17, 15) is 19.8 Å². The van der Waals surface area contributed by atoms with Gasteiger partial charge in [0.25, 0.3) is 0 Å². The molecular weight excluding hydrogens is 302 g/mol. The third kappa shape index (κ3) is 2.36. The van der Waals surface area contributed by atoms with Crippen LogP contribution in [0.3, 0.4) is 0 Å². The molecular formula is C16H19NO6. The van der Waals surface area contributed by atoms with Crippen molar-refractivity contribution in [3.05, 3.63) is 35.9 Å². The lowest BCUT2D eigenvalue weighted by Crippen LogP contribution is -2.49. The van der Waals surface area contributed by atoms with Crippen molar-refractivity contribution in [1.82, 2.24) is 4.90 Å². The first-order valence-electron chi connectivity index (χ1n) is 7.44. The van der Waals surface area contributed by atoms with Crippen LogP contribution >= 0.6 is 0 Å². The highest BCUT2D eigenvalue weighted by Gasteiger charge is 2.56. The van der Waals surface area contributed by atoms with E-state index in [2.05, 4.69) is 0 Å².